The lowest BCUT2D eigenvalue weighted by molar-refractivity contribution is 0.214. The van der Waals surface area contributed by atoms with Gasteiger partial charge in [-0.2, -0.15) is 5.26 Å². The first-order valence-electron chi connectivity index (χ1n) is 7.96. The van der Waals surface area contributed by atoms with Gasteiger partial charge in [-0.15, -0.1) is 0 Å². The molecular formula is C18H30N2O2Si. The quantitative estimate of drug-likeness (QED) is 0.763. The Morgan fingerprint density at radius 2 is 1.70 bits per heavy atom. The molecule has 0 spiro atoms. The van der Waals surface area contributed by atoms with Crippen LogP contribution in [-0.2, 0) is 11.0 Å². The highest BCUT2D eigenvalue weighted by atomic mass is 28.4. The number of nitriles is 1. The zero-order chi connectivity index (χ0) is 17.7. The second-order valence-corrected chi connectivity index (χ2v) is 12.5. The maximum absolute atomic E-state index is 9.55. The van der Waals surface area contributed by atoms with Gasteiger partial charge in [0.2, 0.25) is 0 Å². The smallest absolute Gasteiger partial charge is 0.192 e. The first-order chi connectivity index (χ1) is 10.5. The van der Waals surface area contributed by atoms with Crippen molar-refractivity contribution in [2.45, 2.75) is 57.9 Å². The minimum absolute atomic E-state index is 0.138. The molecule has 0 saturated heterocycles. The van der Waals surface area contributed by atoms with Crippen LogP contribution >= 0.6 is 0 Å². The van der Waals surface area contributed by atoms with E-state index in [-0.39, 0.29) is 5.04 Å². The molecule has 0 heterocycles. The lowest BCUT2D eigenvalue weighted by Gasteiger charge is -2.38. The Labute approximate surface area is 141 Å². The van der Waals surface area contributed by atoms with Crippen LogP contribution in [0.2, 0.25) is 18.1 Å². The summed E-state index contributed by atoms with van der Waals surface area (Å²) < 4.78 is 11.4. The van der Waals surface area contributed by atoms with E-state index >= 15 is 0 Å². The van der Waals surface area contributed by atoms with Crippen LogP contribution in [0.25, 0.3) is 0 Å². The molecule has 0 aliphatic carbocycles. The molecule has 0 aliphatic heterocycles. The van der Waals surface area contributed by atoms with Gasteiger partial charge in [-0.3, -0.25) is 5.32 Å². The van der Waals surface area contributed by atoms with Crippen LogP contribution in [0.15, 0.2) is 24.3 Å². The fourth-order valence-electron chi connectivity index (χ4n) is 1.70. The zero-order valence-corrected chi connectivity index (χ0v) is 16.5. The highest BCUT2D eigenvalue weighted by molar-refractivity contribution is 6.74. The van der Waals surface area contributed by atoms with E-state index < -0.39 is 13.9 Å². The van der Waals surface area contributed by atoms with Gasteiger partial charge in [-0.05, 0) is 42.8 Å². The number of hydrogen-bond acceptors (Lipinski definition) is 4. The minimum Gasteiger partial charge on any atom is -0.497 e. The van der Waals surface area contributed by atoms with Crippen molar-refractivity contribution in [3.63, 3.8) is 0 Å². The predicted octanol–water partition coefficient (Wildman–Crippen LogP) is 4.09. The Bertz CT molecular complexity index is 544. The summed E-state index contributed by atoms with van der Waals surface area (Å²) in [5, 5.41) is 13.0. The van der Waals surface area contributed by atoms with Gasteiger partial charge < -0.3 is 9.16 Å². The number of benzene rings is 1. The predicted molar refractivity (Wildman–Crippen MR) is 97.0 cm³/mol. The molecule has 1 N–H and O–H groups in total. The monoisotopic (exact) mass is 334 g/mol. The average molecular weight is 335 g/mol. The molecule has 1 unspecified atom stereocenters. The van der Waals surface area contributed by atoms with Crippen molar-refractivity contribution in [1.82, 2.24) is 5.32 Å². The van der Waals surface area contributed by atoms with E-state index in [0.29, 0.717) is 13.2 Å². The molecule has 23 heavy (non-hydrogen) atoms. The third-order valence-electron chi connectivity index (χ3n) is 4.62. The van der Waals surface area contributed by atoms with Gasteiger partial charge in [0.25, 0.3) is 0 Å². The van der Waals surface area contributed by atoms with E-state index in [0.717, 1.165) is 11.3 Å². The van der Waals surface area contributed by atoms with E-state index in [1.54, 1.807) is 7.11 Å². The summed E-state index contributed by atoms with van der Waals surface area (Å²) in [6.45, 7) is 13.9. The van der Waals surface area contributed by atoms with Gasteiger partial charge in [-0.1, -0.05) is 32.9 Å². The minimum atomic E-state index is -1.86. The normalized spacial score (nSPS) is 14.9. The molecular weight excluding hydrogens is 304 g/mol. The second kappa shape index (κ2) is 7.48. The van der Waals surface area contributed by atoms with Gasteiger partial charge in [0.1, 0.15) is 11.3 Å². The highest BCUT2D eigenvalue weighted by Gasteiger charge is 2.39. The third kappa shape index (κ3) is 5.65. The molecule has 1 aromatic rings. The number of methoxy groups -OCH3 is 1. The standard InChI is InChI=1S/C18H30N2O2Si/c1-17(2,3)23(6,7)22-14-18(4,13-19)20-12-15-8-10-16(21-5)11-9-15/h8-11,20H,12,14H2,1-7H3. The van der Waals surface area contributed by atoms with Gasteiger partial charge in [0.05, 0.1) is 19.8 Å². The first kappa shape index (κ1) is 19.7. The lowest BCUT2D eigenvalue weighted by atomic mass is 10.1. The summed E-state index contributed by atoms with van der Waals surface area (Å²) in [7, 11) is -0.208. The summed E-state index contributed by atoms with van der Waals surface area (Å²) in [4.78, 5) is 0. The average Bonchev–Trinajstić information content (AvgIpc) is 2.50. The first-order valence-corrected chi connectivity index (χ1v) is 10.9. The van der Waals surface area contributed by atoms with Crippen molar-refractivity contribution >= 4 is 8.32 Å². The maximum Gasteiger partial charge on any atom is 0.192 e. The van der Waals surface area contributed by atoms with Crippen LogP contribution in [0.1, 0.15) is 33.3 Å². The van der Waals surface area contributed by atoms with Crippen molar-refractivity contribution in [3.8, 4) is 11.8 Å². The van der Waals surface area contributed by atoms with Crippen molar-refractivity contribution in [3.05, 3.63) is 29.8 Å². The molecule has 4 nitrogen and oxygen atoms in total. The van der Waals surface area contributed by atoms with Gasteiger partial charge in [0, 0.05) is 6.54 Å². The summed E-state index contributed by atoms with van der Waals surface area (Å²) in [5.74, 6) is 0.832. The number of nitrogens with one attached hydrogen (secondary N) is 1. The van der Waals surface area contributed by atoms with Crippen molar-refractivity contribution in [2.24, 2.45) is 0 Å². The van der Waals surface area contributed by atoms with Crippen molar-refractivity contribution in [2.75, 3.05) is 13.7 Å². The molecule has 0 aliphatic rings. The SMILES string of the molecule is COc1ccc(CNC(C)(C#N)CO[Si](C)(C)C(C)(C)C)cc1. The van der Waals surface area contributed by atoms with Crippen LogP contribution in [0.5, 0.6) is 5.75 Å². The fraction of sp³-hybridized carbons (Fsp3) is 0.611. The molecule has 0 aromatic heterocycles. The van der Waals surface area contributed by atoms with Gasteiger partial charge >= 0.3 is 0 Å². The van der Waals surface area contributed by atoms with Crippen molar-refractivity contribution < 1.29 is 9.16 Å². The molecule has 128 valence electrons. The molecule has 0 amide bonds. The number of hydrogen-bond donors (Lipinski definition) is 1. The number of ether oxygens (including phenoxy) is 1. The van der Waals surface area contributed by atoms with E-state index in [2.05, 4.69) is 45.3 Å². The van der Waals surface area contributed by atoms with Crippen LogP contribution in [0.3, 0.4) is 0 Å². The maximum atomic E-state index is 9.55. The van der Waals surface area contributed by atoms with E-state index in [9.17, 15) is 5.26 Å². The second-order valence-electron chi connectivity index (χ2n) is 7.69. The molecule has 1 rings (SSSR count). The van der Waals surface area contributed by atoms with E-state index in [1.165, 1.54) is 0 Å². The summed E-state index contributed by atoms with van der Waals surface area (Å²) in [6.07, 6.45) is 0. The highest BCUT2D eigenvalue weighted by Crippen LogP contribution is 2.36. The Morgan fingerprint density at radius 1 is 1.13 bits per heavy atom. The van der Waals surface area contributed by atoms with Crippen LogP contribution in [-0.4, -0.2) is 27.6 Å². The summed E-state index contributed by atoms with van der Waals surface area (Å²) in [6, 6.07) is 10.2. The largest absolute Gasteiger partial charge is 0.497 e. The Balaban J connectivity index is 2.65. The Kier molecular flexibility index (Phi) is 6.40. The fourth-order valence-corrected chi connectivity index (χ4v) is 2.79. The zero-order valence-electron chi connectivity index (χ0n) is 15.5. The van der Waals surface area contributed by atoms with Crippen LogP contribution in [0, 0.1) is 11.3 Å². The van der Waals surface area contributed by atoms with Gasteiger partial charge in [0.15, 0.2) is 8.32 Å². The molecule has 0 radical (unpaired) electrons. The Morgan fingerprint density at radius 3 is 2.13 bits per heavy atom. The van der Waals surface area contributed by atoms with Crippen molar-refractivity contribution in [1.29, 1.82) is 5.26 Å². The number of nitrogens with zero attached hydrogens (tertiary/aromatic N) is 1. The molecule has 1 aromatic carbocycles. The molecule has 0 bridgehead atoms. The third-order valence-corrected chi connectivity index (χ3v) is 9.09. The summed E-state index contributed by atoms with van der Waals surface area (Å²) >= 11 is 0. The summed E-state index contributed by atoms with van der Waals surface area (Å²) in [5.41, 5.74) is 0.412. The molecule has 1 atom stereocenters. The van der Waals surface area contributed by atoms with Crippen LogP contribution < -0.4 is 10.1 Å². The van der Waals surface area contributed by atoms with Gasteiger partial charge in [-0.25, -0.2) is 0 Å². The molecule has 0 fully saturated rings. The van der Waals surface area contributed by atoms with E-state index in [4.69, 9.17) is 9.16 Å². The Hall–Kier alpha value is -1.35. The molecule has 0 saturated carbocycles. The number of rotatable bonds is 7. The van der Waals surface area contributed by atoms with E-state index in [1.807, 2.05) is 31.2 Å². The molecule has 5 heteroatoms. The van der Waals surface area contributed by atoms with Crippen LogP contribution in [0.4, 0.5) is 0 Å². The topological polar surface area (TPSA) is 54.3 Å². The lowest BCUT2D eigenvalue weighted by Crippen LogP contribution is -2.50.